The lowest BCUT2D eigenvalue weighted by atomic mass is 10.3. The number of nitrogens with zero attached hydrogens (tertiary/aromatic N) is 4. The SMILES string of the molecule is O=C(COc1ccccc1)N(CCn1cccn1)c1nc2ccccc2s1. The van der Waals surface area contributed by atoms with Gasteiger partial charge in [-0.05, 0) is 30.3 Å². The van der Waals surface area contributed by atoms with E-state index >= 15 is 0 Å². The average molecular weight is 378 g/mol. The second kappa shape index (κ2) is 8.01. The summed E-state index contributed by atoms with van der Waals surface area (Å²) in [5, 5.41) is 4.88. The molecule has 0 saturated carbocycles. The predicted octanol–water partition coefficient (Wildman–Crippen LogP) is 3.61. The average Bonchev–Trinajstić information content (AvgIpc) is 3.37. The van der Waals surface area contributed by atoms with E-state index in [4.69, 9.17) is 4.74 Å². The number of rotatable bonds is 7. The van der Waals surface area contributed by atoms with Gasteiger partial charge in [-0.2, -0.15) is 5.10 Å². The van der Waals surface area contributed by atoms with Crippen LogP contribution in [0.4, 0.5) is 5.13 Å². The Morgan fingerprint density at radius 2 is 1.89 bits per heavy atom. The molecule has 2 aromatic heterocycles. The van der Waals surface area contributed by atoms with Crippen LogP contribution in [0.1, 0.15) is 0 Å². The Balaban J connectivity index is 1.53. The summed E-state index contributed by atoms with van der Waals surface area (Å²) < 4.78 is 8.49. The van der Waals surface area contributed by atoms with E-state index in [0.717, 1.165) is 10.2 Å². The Bertz CT molecular complexity index is 982. The Labute approximate surface area is 160 Å². The highest BCUT2D eigenvalue weighted by atomic mass is 32.1. The Morgan fingerprint density at radius 3 is 2.67 bits per heavy atom. The summed E-state index contributed by atoms with van der Waals surface area (Å²) in [7, 11) is 0. The molecule has 0 aliphatic carbocycles. The van der Waals surface area contributed by atoms with Gasteiger partial charge in [-0.15, -0.1) is 0 Å². The van der Waals surface area contributed by atoms with Crippen LogP contribution in [0.3, 0.4) is 0 Å². The van der Waals surface area contributed by atoms with Crippen molar-refractivity contribution in [1.82, 2.24) is 14.8 Å². The first-order valence-corrected chi connectivity index (χ1v) is 9.42. The first kappa shape index (κ1) is 17.2. The third kappa shape index (κ3) is 4.15. The number of aromatic nitrogens is 3. The number of para-hydroxylation sites is 2. The molecule has 4 aromatic rings. The molecule has 27 heavy (non-hydrogen) atoms. The first-order chi connectivity index (χ1) is 13.3. The number of carbonyl (C=O) groups is 1. The number of hydrogen-bond donors (Lipinski definition) is 0. The monoisotopic (exact) mass is 378 g/mol. The van der Waals surface area contributed by atoms with Crippen LogP contribution in [-0.4, -0.2) is 33.8 Å². The minimum atomic E-state index is -0.134. The zero-order valence-electron chi connectivity index (χ0n) is 14.6. The molecule has 2 aromatic carbocycles. The van der Waals surface area contributed by atoms with Crippen molar-refractivity contribution in [2.45, 2.75) is 6.54 Å². The number of carbonyl (C=O) groups excluding carboxylic acids is 1. The molecule has 0 atom stereocenters. The molecule has 0 spiro atoms. The summed E-state index contributed by atoms with van der Waals surface area (Å²) >= 11 is 1.50. The quantitative estimate of drug-likeness (QED) is 0.493. The third-order valence-corrected chi connectivity index (χ3v) is 5.09. The molecule has 0 aliphatic heterocycles. The molecule has 2 heterocycles. The minimum absolute atomic E-state index is 0.0426. The van der Waals surface area contributed by atoms with Gasteiger partial charge in [0.1, 0.15) is 5.75 Å². The number of amides is 1. The number of fused-ring (bicyclic) bond motifs is 1. The van der Waals surface area contributed by atoms with Gasteiger partial charge in [0.15, 0.2) is 11.7 Å². The molecule has 0 N–H and O–H groups in total. The molecular formula is C20H18N4O2S. The summed E-state index contributed by atoms with van der Waals surface area (Å²) in [6.07, 6.45) is 3.60. The van der Waals surface area contributed by atoms with Gasteiger partial charge in [0.2, 0.25) is 0 Å². The number of benzene rings is 2. The van der Waals surface area contributed by atoms with Crippen LogP contribution in [-0.2, 0) is 11.3 Å². The van der Waals surface area contributed by atoms with E-state index in [-0.39, 0.29) is 12.5 Å². The second-order valence-corrected chi connectivity index (χ2v) is 6.89. The highest BCUT2D eigenvalue weighted by Gasteiger charge is 2.20. The third-order valence-electron chi connectivity index (χ3n) is 4.03. The molecule has 7 heteroatoms. The maximum Gasteiger partial charge on any atom is 0.266 e. The Kier molecular flexibility index (Phi) is 5.11. The lowest BCUT2D eigenvalue weighted by Crippen LogP contribution is -2.37. The van der Waals surface area contributed by atoms with Gasteiger partial charge in [0, 0.05) is 18.9 Å². The fraction of sp³-hybridized carbons (Fsp3) is 0.150. The molecule has 136 valence electrons. The summed E-state index contributed by atoms with van der Waals surface area (Å²) in [4.78, 5) is 19.2. The van der Waals surface area contributed by atoms with Crippen molar-refractivity contribution in [2.75, 3.05) is 18.1 Å². The minimum Gasteiger partial charge on any atom is -0.484 e. The summed E-state index contributed by atoms with van der Waals surface area (Å²) in [6.45, 7) is 1.01. The van der Waals surface area contributed by atoms with E-state index in [1.54, 1.807) is 15.8 Å². The molecule has 0 bridgehead atoms. The molecule has 0 radical (unpaired) electrons. The molecule has 1 amide bonds. The van der Waals surface area contributed by atoms with E-state index in [2.05, 4.69) is 10.1 Å². The zero-order valence-corrected chi connectivity index (χ0v) is 15.4. The van der Waals surface area contributed by atoms with E-state index in [1.165, 1.54) is 11.3 Å². The Morgan fingerprint density at radius 1 is 1.07 bits per heavy atom. The molecule has 0 fully saturated rings. The van der Waals surface area contributed by atoms with Crippen LogP contribution >= 0.6 is 11.3 Å². The van der Waals surface area contributed by atoms with Crippen molar-refractivity contribution >= 4 is 32.6 Å². The number of thiazole rings is 1. The van der Waals surface area contributed by atoms with Crippen molar-refractivity contribution in [3.05, 3.63) is 73.1 Å². The largest absolute Gasteiger partial charge is 0.484 e. The van der Waals surface area contributed by atoms with E-state index in [1.807, 2.05) is 66.9 Å². The van der Waals surface area contributed by atoms with Crippen LogP contribution in [0.15, 0.2) is 73.1 Å². The molecule has 4 rings (SSSR count). The van der Waals surface area contributed by atoms with Gasteiger partial charge < -0.3 is 4.74 Å². The number of anilines is 1. The van der Waals surface area contributed by atoms with Crippen molar-refractivity contribution < 1.29 is 9.53 Å². The molecular weight excluding hydrogens is 360 g/mol. The lowest BCUT2D eigenvalue weighted by molar-refractivity contribution is -0.120. The van der Waals surface area contributed by atoms with Gasteiger partial charge in [-0.3, -0.25) is 14.4 Å². The van der Waals surface area contributed by atoms with Gasteiger partial charge in [0.25, 0.3) is 5.91 Å². The fourth-order valence-corrected chi connectivity index (χ4v) is 3.69. The highest BCUT2D eigenvalue weighted by molar-refractivity contribution is 7.22. The van der Waals surface area contributed by atoms with Crippen molar-refractivity contribution in [3.8, 4) is 5.75 Å². The molecule has 0 aliphatic rings. The van der Waals surface area contributed by atoms with Crippen molar-refractivity contribution in [1.29, 1.82) is 0 Å². The van der Waals surface area contributed by atoms with Crippen LogP contribution in [0.5, 0.6) is 5.75 Å². The smallest absolute Gasteiger partial charge is 0.266 e. The van der Waals surface area contributed by atoms with Crippen LogP contribution in [0.25, 0.3) is 10.2 Å². The fourth-order valence-electron chi connectivity index (χ4n) is 2.68. The molecule has 0 saturated heterocycles. The van der Waals surface area contributed by atoms with E-state index < -0.39 is 0 Å². The summed E-state index contributed by atoms with van der Waals surface area (Å²) in [5.41, 5.74) is 0.887. The number of hydrogen-bond acceptors (Lipinski definition) is 5. The lowest BCUT2D eigenvalue weighted by Gasteiger charge is -2.20. The maximum absolute atomic E-state index is 12.9. The first-order valence-electron chi connectivity index (χ1n) is 8.61. The van der Waals surface area contributed by atoms with Crippen molar-refractivity contribution in [3.63, 3.8) is 0 Å². The second-order valence-electron chi connectivity index (χ2n) is 5.88. The Hall–Kier alpha value is -3.19. The highest BCUT2D eigenvalue weighted by Crippen LogP contribution is 2.28. The standard InChI is InChI=1S/C20H18N4O2S/c25-19(15-26-16-7-2-1-3-8-16)24(14-13-23-12-6-11-21-23)20-22-17-9-4-5-10-18(17)27-20/h1-12H,13-15H2. The summed E-state index contributed by atoms with van der Waals surface area (Å²) in [5.74, 6) is 0.534. The molecule has 6 nitrogen and oxygen atoms in total. The van der Waals surface area contributed by atoms with Gasteiger partial charge in [-0.25, -0.2) is 4.98 Å². The van der Waals surface area contributed by atoms with E-state index in [0.29, 0.717) is 24.0 Å². The zero-order chi connectivity index (χ0) is 18.5. The van der Waals surface area contributed by atoms with Crippen molar-refractivity contribution in [2.24, 2.45) is 0 Å². The van der Waals surface area contributed by atoms with Gasteiger partial charge in [-0.1, -0.05) is 41.7 Å². The normalized spacial score (nSPS) is 10.8. The maximum atomic E-state index is 12.9. The van der Waals surface area contributed by atoms with Crippen LogP contribution < -0.4 is 9.64 Å². The van der Waals surface area contributed by atoms with E-state index in [9.17, 15) is 4.79 Å². The topological polar surface area (TPSA) is 60.2 Å². The van der Waals surface area contributed by atoms with Crippen LogP contribution in [0, 0.1) is 0 Å². The van der Waals surface area contributed by atoms with Gasteiger partial charge in [0.05, 0.1) is 16.8 Å². The van der Waals surface area contributed by atoms with Gasteiger partial charge >= 0.3 is 0 Å². The number of ether oxygens (including phenoxy) is 1. The van der Waals surface area contributed by atoms with Crippen LogP contribution in [0.2, 0.25) is 0 Å². The summed E-state index contributed by atoms with van der Waals surface area (Å²) in [6, 6.07) is 19.1. The predicted molar refractivity (Wildman–Crippen MR) is 106 cm³/mol. The molecule has 0 unspecified atom stereocenters.